The monoisotopic (exact) mass is 260 g/mol. The Morgan fingerprint density at radius 1 is 1.05 bits per heavy atom. The second kappa shape index (κ2) is 4.35. The van der Waals surface area contributed by atoms with E-state index < -0.39 is 0 Å². The van der Waals surface area contributed by atoms with Crippen LogP contribution in [0.25, 0.3) is 0 Å². The number of aliphatic hydroxyl groups is 1. The van der Waals surface area contributed by atoms with Crippen molar-refractivity contribution in [1.29, 1.82) is 0 Å². The van der Waals surface area contributed by atoms with E-state index in [1.54, 1.807) is 18.2 Å². The lowest BCUT2D eigenvalue weighted by molar-refractivity contribution is 0.0449. The number of carbonyl (C=O) groups is 2. The van der Waals surface area contributed by atoms with Gasteiger partial charge in [-0.25, -0.2) is 0 Å². The summed E-state index contributed by atoms with van der Waals surface area (Å²) in [4.78, 5) is 26.0. The summed E-state index contributed by atoms with van der Waals surface area (Å²) in [5.74, 6) is -0.491. The lowest BCUT2D eigenvalue weighted by Crippen LogP contribution is -2.42. The first-order valence-electron chi connectivity index (χ1n) is 6.53. The van der Waals surface area contributed by atoms with Crippen LogP contribution in [0.3, 0.4) is 0 Å². The van der Waals surface area contributed by atoms with Crippen molar-refractivity contribution in [3.8, 4) is 0 Å². The Balaban J connectivity index is 1.90. The molecule has 0 radical (unpaired) electrons. The second-order valence-corrected chi connectivity index (χ2v) is 5.25. The molecule has 5 nitrogen and oxygen atoms in total. The summed E-state index contributed by atoms with van der Waals surface area (Å²) in [6.07, 6.45) is 2.31. The van der Waals surface area contributed by atoms with Crippen molar-refractivity contribution >= 4 is 17.5 Å². The minimum atomic E-state index is -0.304. The number of amides is 2. The normalized spacial score (nSPS) is 26.7. The highest BCUT2D eigenvalue weighted by atomic mass is 16.3. The molecule has 3 N–H and O–H groups in total. The number of nitrogens with zero attached hydrogens (tertiary/aromatic N) is 1. The van der Waals surface area contributed by atoms with E-state index in [0.29, 0.717) is 42.5 Å². The number of anilines is 1. The van der Waals surface area contributed by atoms with Gasteiger partial charge in [0.05, 0.1) is 17.2 Å². The fraction of sp³-hybridized carbons (Fsp3) is 0.429. The maximum Gasteiger partial charge on any atom is 0.261 e. The lowest BCUT2D eigenvalue weighted by Gasteiger charge is -2.31. The van der Waals surface area contributed by atoms with Gasteiger partial charge in [0.1, 0.15) is 0 Å². The van der Waals surface area contributed by atoms with Gasteiger partial charge in [0.15, 0.2) is 0 Å². The Hall–Kier alpha value is -1.88. The van der Waals surface area contributed by atoms with Crippen LogP contribution in [0.4, 0.5) is 5.69 Å². The van der Waals surface area contributed by atoms with Gasteiger partial charge < -0.3 is 10.8 Å². The summed E-state index contributed by atoms with van der Waals surface area (Å²) in [5, 5.41) is 9.51. The van der Waals surface area contributed by atoms with Crippen molar-refractivity contribution in [2.75, 3.05) is 5.73 Å². The number of rotatable bonds is 1. The predicted octanol–water partition coefficient (Wildman–Crippen LogP) is 1.17. The number of benzene rings is 1. The van der Waals surface area contributed by atoms with Gasteiger partial charge in [0.2, 0.25) is 0 Å². The molecule has 1 fully saturated rings. The van der Waals surface area contributed by atoms with E-state index in [1.807, 2.05) is 0 Å². The average molecular weight is 260 g/mol. The second-order valence-electron chi connectivity index (χ2n) is 5.25. The fourth-order valence-corrected chi connectivity index (χ4v) is 2.93. The van der Waals surface area contributed by atoms with E-state index in [-0.39, 0.29) is 24.0 Å². The van der Waals surface area contributed by atoms with Crippen molar-refractivity contribution in [2.45, 2.75) is 37.8 Å². The number of imide groups is 1. The fourth-order valence-electron chi connectivity index (χ4n) is 2.93. The first-order chi connectivity index (χ1) is 9.08. The third-order valence-corrected chi connectivity index (χ3v) is 3.97. The predicted molar refractivity (Wildman–Crippen MR) is 69.6 cm³/mol. The van der Waals surface area contributed by atoms with Crippen LogP contribution in [0.15, 0.2) is 18.2 Å². The average Bonchev–Trinajstić information content (AvgIpc) is 2.63. The van der Waals surface area contributed by atoms with Gasteiger partial charge in [-0.1, -0.05) is 0 Å². The van der Waals surface area contributed by atoms with Crippen LogP contribution in [-0.2, 0) is 0 Å². The quantitative estimate of drug-likeness (QED) is 0.586. The van der Waals surface area contributed by atoms with Crippen molar-refractivity contribution in [3.05, 3.63) is 29.3 Å². The highest BCUT2D eigenvalue weighted by Crippen LogP contribution is 2.31. The molecular formula is C14H16N2O3. The molecule has 2 amide bonds. The van der Waals surface area contributed by atoms with E-state index in [2.05, 4.69) is 0 Å². The van der Waals surface area contributed by atoms with E-state index >= 15 is 0 Å². The molecule has 100 valence electrons. The van der Waals surface area contributed by atoms with Crippen LogP contribution in [0.2, 0.25) is 0 Å². The van der Waals surface area contributed by atoms with E-state index in [4.69, 9.17) is 5.73 Å². The molecule has 0 bridgehead atoms. The van der Waals surface area contributed by atoms with E-state index in [1.165, 1.54) is 4.90 Å². The minimum Gasteiger partial charge on any atom is -0.399 e. The van der Waals surface area contributed by atoms with Crippen LogP contribution in [0, 0.1) is 0 Å². The van der Waals surface area contributed by atoms with Gasteiger partial charge in [-0.3, -0.25) is 14.5 Å². The summed E-state index contributed by atoms with van der Waals surface area (Å²) in [6, 6.07) is 4.71. The molecule has 1 aliphatic heterocycles. The van der Waals surface area contributed by atoms with Crippen LogP contribution in [-0.4, -0.2) is 34.0 Å². The Labute approximate surface area is 111 Å². The standard InChI is InChI=1S/C14H16N2O3/c15-8-1-6-11-12(7-8)14(19)16(13(11)18)9-2-4-10(17)5-3-9/h1,6-7,9-10,17H,2-5,15H2. The van der Waals surface area contributed by atoms with Crippen LogP contribution in [0.1, 0.15) is 46.4 Å². The minimum absolute atomic E-state index is 0.1000. The molecule has 19 heavy (non-hydrogen) atoms. The van der Waals surface area contributed by atoms with Gasteiger partial charge in [0.25, 0.3) is 11.8 Å². The number of hydrogen-bond acceptors (Lipinski definition) is 4. The molecule has 0 unspecified atom stereocenters. The van der Waals surface area contributed by atoms with Crippen molar-refractivity contribution in [1.82, 2.24) is 4.90 Å². The van der Waals surface area contributed by atoms with Crippen molar-refractivity contribution in [2.24, 2.45) is 0 Å². The maximum atomic E-state index is 12.3. The number of nitrogen functional groups attached to an aromatic ring is 1. The maximum absolute atomic E-state index is 12.3. The van der Waals surface area contributed by atoms with Crippen LogP contribution < -0.4 is 5.73 Å². The van der Waals surface area contributed by atoms with Gasteiger partial charge >= 0.3 is 0 Å². The third-order valence-electron chi connectivity index (χ3n) is 3.97. The molecule has 0 spiro atoms. The number of carbonyl (C=O) groups excluding carboxylic acids is 2. The molecule has 0 atom stereocenters. The van der Waals surface area contributed by atoms with Crippen LogP contribution >= 0.6 is 0 Å². The summed E-state index contributed by atoms with van der Waals surface area (Å²) in [6.45, 7) is 0. The molecule has 1 saturated carbocycles. The summed E-state index contributed by atoms with van der Waals surface area (Å²) in [7, 11) is 0. The van der Waals surface area contributed by atoms with Gasteiger partial charge in [0, 0.05) is 11.7 Å². The molecule has 0 saturated heterocycles. The highest BCUT2D eigenvalue weighted by Gasteiger charge is 2.40. The third kappa shape index (κ3) is 1.90. The topological polar surface area (TPSA) is 83.6 Å². The Morgan fingerprint density at radius 3 is 2.37 bits per heavy atom. The molecule has 0 aromatic heterocycles. The molecular weight excluding hydrogens is 244 g/mol. The van der Waals surface area contributed by atoms with Gasteiger partial charge in [-0.05, 0) is 43.9 Å². The van der Waals surface area contributed by atoms with Crippen molar-refractivity contribution < 1.29 is 14.7 Å². The first kappa shape index (κ1) is 12.2. The summed E-state index contributed by atoms with van der Waals surface area (Å²) < 4.78 is 0. The SMILES string of the molecule is Nc1ccc2c(c1)C(=O)N(C1CCC(O)CC1)C2=O. The van der Waals surface area contributed by atoms with Crippen molar-refractivity contribution in [3.63, 3.8) is 0 Å². The molecule has 3 rings (SSSR count). The Bertz CT molecular complexity index is 548. The van der Waals surface area contributed by atoms with E-state index in [9.17, 15) is 14.7 Å². The molecule has 5 heteroatoms. The first-order valence-corrected chi connectivity index (χ1v) is 6.53. The summed E-state index contributed by atoms with van der Waals surface area (Å²) >= 11 is 0. The zero-order valence-electron chi connectivity index (χ0n) is 10.5. The number of hydrogen-bond donors (Lipinski definition) is 2. The lowest BCUT2D eigenvalue weighted by atomic mass is 9.92. The molecule has 1 heterocycles. The largest absolute Gasteiger partial charge is 0.399 e. The Morgan fingerprint density at radius 2 is 1.68 bits per heavy atom. The van der Waals surface area contributed by atoms with Crippen LogP contribution in [0.5, 0.6) is 0 Å². The molecule has 2 aliphatic rings. The molecule has 1 aliphatic carbocycles. The summed E-state index contributed by atoms with van der Waals surface area (Å²) in [5.41, 5.74) is 6.99. The highest BCUT2D eigenvalue weighted by molar-refractivity contribution is 6.21. The Kier molecular flexibility index (Phi) is 2.78. The smallest absolute Gasteiger partial charge is 0.261 e. The zero-order chi connectivity index (χ0) is 13.6. The molecule has 1 aromatic carbocycles. The van der Waals surface area contributed by atoms with E-state index in [0.717, 1.165) is 0 Å². The molecule has 1 aromatic rings. The number of fused-ring (bicyclic) bond motifs is 1. The number of nitrogens with two attached hydrogens (primary N) is 1. The van der Waals surface area contributed by atoms with Gasteiger partial charge in [-0.15, -0.1) is 0 Å². The zero-order valence-corrected chi connectivity index (χ0v) is 10.5. The number of aliphatic hydroxyl groups excluding tert-OH is 1. The van der Waals surface area contributed by atoms with Gasteiger partial charge in [-0.2, -0.15) is 0 Å².